The third-order valence-corrected chi connectivity index (χ3v) is 7.75. The summed E-state index contributed by atoms with van der Waals surface area (Å²) in [7, 11) is -4.04. The highest BCUT2D eigenvalue weighted by atomic mass is 32.2. The summed E-state index contributed by atoms with van der Waals surface area (Å²) >= 11 is 0. The average molecular weight is 482 g/mol. The van der Waals surface area contributed by atoms with Gasteiger partial charge in [0.1, 0.15) is 5.69 Å². The second-order valence-corrected chi connectivity index (χ2v) is 10.5. The molecule has 178 valence electrons. The smallest absolute Gasteiger partial charge is 0.331 e. The van der Waals surface area contributed by atoms with Crippen molar-refractivity contribution in [2.75, 3.05) is 11.9 Å². The van der Waals surface area contributed by atoms with Gasteiger partial charge in [-0.3, -0.25) is 9.78 Å². The number of hydrogen-bond donors (Lipinski definition) is 2. The molecule has 9 nitrogen and oxygen atoms in total. The van der Waals surface area contributed by atoms with Gasteiger partial charge in [0.25, 0.3) is 15.9 Å². The van der Waals surface area contributed by atoms with Crippen LogP contribution in [0.25, 0.3) is 0 Å². The number of carbonyl (C=O) groups excluding carboxylic acids is 2. The van der Waals surface area contributed by atoms with E-state index in [1.165, 1.54) is 35.8 Å². The van der Waals surface area contributed by atoms with E-state index in [9.17, 15) is 18.0 Å². The predicted molar refractivity (Wildman–Crippen MR) is 127 cm³/mol. The van der Waals surface area contributed by atoms with Gasteiger partial charge in [0.05, 0.1) is 12.2 Å². The van der Waals surface area contributed by atoms with Crippen LogP contribution in [0.2, 0.25) is 0 Å². The van der Waals surface area contributed by atoms with Crippen molar-refractivity contribution in [3.8, 4) is 0 Å². The topological polar surface area (TPSA) is 121 Å². The molecule has 34 heavy (non-hydrogen) atoms. The van der Waals surface area contributed by atoms with E-state index in [-0.39, 0.29) is 11.6 Å². The summed E-state index contributed by atoms with van der Waals surface area (Å²) < 4.78 is 27.3. The summed E-state index contributed by atoms with van der Waals surface area (Å²) in [6.07, 6.45) is 13.0. The van der Waals surface area contributed by atoms with E-state index in [0.29, 0.717) is 13.0 Å². The van der Waals surface area contributed by atoms with Crippen LogP contribution in [-0.2, 0) is 35.7 Å². The Bertz CT molecular complexity index is 1230. The third-order valence-electron chi connectivity index (χ3n) is 6.77. The van der Waals surface area contributed by atoms with Gasteiger partial charge in [-0.25, -0.2) is 22.9 Å². The number of nitrogens with one attached hydrogen (secondary N) is 2. The van der Waals surface area contributed by atoms with Crippen molar-refractivity contribution in [1.29, 1.82) is 0 Å². The Morgan fingerprint density at radius 2 is 1.76 bits per heavy atom. The maximum atomic E-state index is 12.7. The van der Waals surface area contributed by atoms with E-state index < -0.39 is 22.1 Å². The summed E-state index contributed by atoms with van der Waals surface area (Å²) in [5.74, 6) is -0.296. The molecule has 0 radical (unpaired) electrons. The van der Waals surface area contributed by atoms with Gasteiger partial charge in [-0.05, 0) is 79.7 Å². The van der Waals surface area contributed by atoms with Gasteiger partial charge in [-0.1, -0.05) is 6.07 Å². The summed E-state index contributed by atoms with van der Waals surface area (Å²) in [5, 5.41) is 3.80. The molecule has 1 aromatic heterocycles. The van der Waals surface area contributed by atoms with E-state index >= 15 is 0 Å². The van der Waals surface area contributed by atoms with Crippen molar-refractivity contribution in [3.63, 3.8) is 0 Å². The Morgan fingerprint density at radius 3 is 2.44 bits per heavy atom. The van der Waals surface area contributed by atoms with Crippen LogP contribution in [0.4, 0.5) is 10.5 Å². The fraction of sp³-hybridized carbons (Fsp3) is 0.417. The van der Waals surface area contributed by atoms with Gasteiger partial charge in [-0.15, -0.1) is 0 Å². The second kappa shape index (κ2) is 9.17. The molecule has 2 heterocycles. The summed E-state index contributed by atoms with van der Waals surface area (Å²) in [6.45, 7) is 0.503. The number of urea groups is 1. The van der Waals surface area contributed by atoms with Crippen LogP contribution in [0.15, 0.2) is 36.1 Å². The zero-order valence-corrected chi connectivity index (χ0v) is 19.6. The lowest BCUT2D eigenvalue weighted by Gasteiger charge is -2.21. The van der Waals surface area contributed by atoms with Crippen molar-refractivity contribution < 1.29 is 18.0 Å². The lowest BCUT2D eigenvalue weighted by atomic mass is 9.99. The molecule has 1 fully saturated rings. The molecule has 3 aliphatic rings. The van der Waals surface area contributed by atoms with Crippen LogP contribution in [0.3, 0.4) is 0 Å². The molecule has 1 saturated heterocycles. The fourth-order valence-corrected chi connectivity index (χ4v) is 6.03. The Balaban J connectivity index is 1.27. The molecule has 0 spiro atoms. The Hall–Kier alpha value is -3.27. The monoisotopic (exact) mass is 481 g/mol. The molecule has 5 rings (SSSR count). The molecular weight excluding hydrogens is 454 g/mol. The zero-order valence-electron chi connectivity index (χ0n) is 18.8. The summed E-state index contributed by atoms with van der Waals surface area (Å²) in [6, 6.07) is 1.09. The third kappa shape index (κ3) is 4.54. The molecule has 0 saturated carbocycles. The highest BCUT2D eigenvalue weighted by molar-refractivity contribution is 7.92. The quantitative estimate of drug-likeness (QED) is 0.677. The number of carbonyl (C=O) groups is 2. The number of rotatable bonds is 5. The van der Waals surface area contributed by atoms with Crippen LogP contribution in [-0.4, -0.2) is 47.8 Å². The first-order valence-corrected chi connectivity index (χ1v) is 13.2. The largest absolute Gasteiger partial charge is 0.333 e. The van der Waals surface area contributed by atoms with E-state index in [0.717, 1.165) is 67.2 Å². The Morgan fingerprint density at radius 1 is 1.03 bits per heavy atom. The first-order chi connectivity index (χ1) is 16.4. The predicted octanol–water partition coefficient (Wildman–Crippen LogP) is 2.72. The molecule has 1 unspecified atom stereocenters. The molecule has 1 aliphatic heterocycles. The number of benzene rings is 1. The Labute approximate surface area is 198 Å². The lowest BCUT2D eigenvalue weighted by molar-refractivity contribution is 0.0755. The number of sulfonamides is 1. The molecule has 1 atom stereocenters. The van der Waals surface area contributed by atoms with Crippen molar-refractivity contribution in [2.45, 2.75) is 57.4 Å². The maximum absolute atomic E-state index is 12.7. The number of likely N-dealkylation sites (tertiary alicyclic amines) is 1. The minimum Gasteiger partial charge on any atom is -0.331 e. The minimum atomic E-state index is -4.04. The number of nitrogens with zero attached hydrogens (tertiary/aromatic N) is 3. The minimum absolute atomic E-state index is 0.214. The maximum Gasteiger partial charge on any atom is 0.333 e. The van der Waals surface area contributed by atoms with Gasteiger partial charge in [0.2, 0.25) is 0 Å². The molecule has 2 aliphatic carbocycles. The van der Waals surface area contributed by atoms with Crippen molar-refractivity contribution in [1.82, 2.24) is 19.6 Å². The van der Waals surface area contributed by atoms with Gasteiger partial charge in [0, 0.05) is 30.0 Å². The van der Waals surface area contributed by atoms with Gasteiger partial charge in [0.15, 0.2) is 0 Å². The average Bonchev–Trinajstić information content (AvgIpc) is 3.57. The number of fused-ring (bicyclic) bond motifs is 2. The van der Waals surface area contributed by atoms with Crippen LogP contribution < -0.4 is 10.0 Å². The van der Waals surface area contributed by atoms with E-state index in [2.05, 4.69) is 26.1 Å². The van der Waals surface area contributed by atoms with E-state index in [1.54, 1.807) is 4.90 Å². The number of aromatic nitrogens is 2. The van der Waals surface area contributed by atoms with Crippen LogP contribution in [0, 0.1) is 0 Å². The highest BCUT2D eigenvalue weighted by Gasteiger charge is 2.29. The first-order valence-electron chi connectivity index (χ1n) is 11.7. The standard InChI is InChI=1S/C24H27N5O4S/c30-23(21-15-25-10-11-26-21)29-12-3-6-18(29)9-13-34(32,33)28-24(31)27-22-19-7-1-4-16(19)14-17-5-2-8-20(17)22/h9-11,13-15,18H,1-8,12H2,(H2,27,28,31). The van der Waals surface area contributed by atoms with E-state index in [4.69, 9.17) is 0 Å². The van der Waals surface area contributed by atoms with Crippen molar-refractivity contribution in [2.24, 2.45) is 0 Å². The summed E-state index contributed by atoms with van der Waals surface area (Å²) in [4.78, 5) is 34.9. The fourth-order valence-electron chi connectivity index (χ4n) is 5.26. The van der Waals surface area contributed by atoms with Crippen LogP contribution in [0.1, 0.15) is 58.4 Å². The van der Waals surface area contributed by atoms with Gasteiger partial charge in [-0.2, -0.15) is 0 Å². The number of anilines is 1. The second-order valence-electron chi connectivity index (χ2n) is 8.96. The number of amides is 3. The lowest BCUT2D eigenvalue weighted by Crippen LogP contribution is -2.36. The number of hydrogen-bond acceptors (Lipinski definition) is 6. The number of aryl methyl sites for hydroxylation is 2. The summed E-state index contributed by atoms with van der Waals surface area (Å²) in [5.41, 5.74) is 5.78. The molecular formula is C24H27N5O4S. The molecule has 2 N–H and O–H groups in total. The van der Waals surface area contributed by atoms with Crippen molar-refractivity contribution in [3.05, 3.63) is 64.1 Å². The molecule has 1 aromatic carbocycles. The molecule has 0 bridgehead atoms. The first kappa shape index (κ1) is 22.5. The van der Waals surface area contributed by atoms with Crippen LogP contribution >= 0.6 is 0 Å². The normalized spacial score (nSPS) is 19.3. The van der Waals surface area contributed by atoms with Gasteiger partial charge < -0.3 is 10.2 Å². The SMILES string of the molecule is O=C(Nc1c2c(cc3c1CCC3)CCC2)NS(=O)(=O)C=CC1CCCN1C(=O)c1cnccn1. The molecule has 3 amide bonds. The highest BCUT2D eigenvalue weighted by Crippen LogP contribution is 2.38. The molecule has 10 heteroatoms. The molecule has 2 aromatic rings. The zero-order chi connectivity index (χ0) is 23.7. The van der Waals surface area contributed by atoms with E-state index in [1.807, 2.05) is 0 Å². The van der Waals surface area contributed by atoms with Gasteiger partial charge >= 0.3 is 6.03 Å². The van der Waals surface area contributed by atoms with Crippen LogP contribution in [0.5, 0.6) is 0 Å². The van der Waals surface area contributed by atoms with Crippen molar-refractivity contribution >= 4 is 27.6 Å². The Kier molecular flexibility index (Phi) is 6.07.